The Morgan fingerprint density at radius 1 is 1.27 bits per heavy atom. The third-order valence-corrected chi connectivity index (χ3v) is 8.20. The van der Waals surface area contributed by atoms with Crippen LogP contribution in [0.3, 0.4) is 0 Å². The van der Waals surface area contributed by atoms with Gasteiger partial charge in [-0.2, -0.15) is 0 Å². The zero-order chi connectivity index (χ0) is 20.7. The summed E-state index contributed by atoms with van der Waals surface area (Å²) in [5, 5.41) is 2.97. The van der Waals surface area contributed by atoms with E-state index in [4.69, 9.17) is 4.74 Å². The molecule has 4 aliphatic rings. The number of rotatable bonds is 4. The molecule has 0 aromatic heterocycles. The highest BCUT2D eigenvalue weighted by atomic mass is 19.1. The Hall–Kier alpha value is -1.66. The number of anilines is 1. The summed E-state index contributed by atoms with van der Waals surface area (Å²) in [7, 11) is 0. The Morgan fingerprint density at radius 2 is 2.17 bits per heavy atom. The summed E-state index contributed by atoms with van der Waals surface area (Å²) in [4.78, 5) is 17.7. The summed E-state index contributed by atoms with van der Waals surface area (Å²) in [6, 6.07) is 6.95. The highest BCUT2D eigenvalue weighted by Crippen LogP contribution is 2.48. The number of hydrogen-bond acceptors (Lipinski definition) is 4. The topological polar surface area (TPSA) is 44.8 Å². The molecule has 1 N–H and O–H groups in total. The first-order chi connectivity index (χ1) is 14.6. The SMILES string of the molecule is CCC1CCCN1C1CCN(c2ccc(C3COCCC34CCNC4=O)c(F)c2)C1. The largest absolute Gasteiger partial charge is 0.381 e. The van der Waals surface area contributed by atoms with Crippen molar-refractivity contribution >= 4 is 11.6 Å². The van der Waals surface area contributed by atoms with Crippen LogP contribution in [-0.2, 0) is 9.53 Å². The highest BCUT2D eigenvalue weighted by molar-refractivity contribution is 5.86. The Kier molecular flexibility index (Phi) is 5.48. The lowest BCUT2D eigenvalue weighted by Crippen LogP contribution is -2.43. The van der Waals surface area contributed by atoms with Gasteiger partial charge in [-0.1, -0.05) is 13.0 Å². The van der Waals surface area contributed by atoms with Crippen molar-refractivity contribution in [1.29, 1.82) is 0 Å². The molecular formula is C24H34FN3O2. The molecule has 0 radical (unpaired) electrons. The van der Waals surface area contributed by atoms with E-state index in [0.29, 0.717) is 43.8 Å². The fourth-order valence-corrected chi connectivity index (χ4v) is 6.46. The van der Waals surface area contributed by atoms with Crippen LogP contribution in [0.5, 0.6) is 0 Å². The average molecular weight is 416 g/mol. The van der Waals surface area contributed by atoms with E-state index in [1.165, 1.54) is 25.8 Å². The van der Waals surface area contributed by atoms with Gasteiger partial charge in [0.25, 0.3) is 0 Å². The first-order valence-corrected chi connectivity index (χ1v) is 11.8. The minimum Gasteiger partial charge on any atom is -0.381 e. The lowest BCUT2D eigenvalue weighted by Gasteiger charge is -2.39. The number of hydrogen-bond donors (Lipinski definition) is 1. The van der Waals surface area contributed by atoms with Crippen LogP contribution in [0.2, 0.25) is 0 Å². The van der Waals surface area contributed by atoms with Gasteiger partial charge in [-0.15, -0.1) is 0 Å². The molecule has 4 atom stereocenters. The van der Waals surface area contributed by atoms with Crippen LogP contribution in [-0.4, -0.2) is 62.3 Å². The summed E-state index contributed by atoms with van der Waals surface area (Å²) in [6.07, 6.45) is 6.43. The lowest BCUT2D eigenvalue weighted by atomic mass is 9.68. The molecule has 0 aliphatic carbocycles. The molecule has 4 heterocycles. The maximum atomic E-state index is 15.3. The molecule has 1 amide bonds. The van der Waals surface area contributed by atoms with E-state index in [1.807, 2.05) is 6.07 Å². The van der Waals surface area contributed by atoms with Crippen LogP contribution in [0.15, 0.2) is 18.2 Å². The number of nitrogens with zero attached hydrogens (tertiary/aromatic N) is 2. The third kappa shape index (κ3) is 3.32. The highest BCUT2D eigenvalue weighted by Gasteiger charge is 2.51. The van der Waals surface area contributed by atoms with Crippen molar-refractivity contribution in [3.8, 4) is 0 Å². The first kappa shape index (κ1) is 20.3. The van der Waals surface area contributed by atoms with E-state index in [1.54, 1.807) is 6.07 Å². The van der Waals surface area contributed by atoms with Crippen LogP contribution in [0.25, 0.3) is 0 Å². The number of carbonyl (C=O) groups excluding carboxylic acids is 1. The smallest absolute Gasteiger partial charge is 0.227 e. The van der Waals surface area contributed by atoms with Crippen molar-refractivity contribution in [3.63, 3.8) is 0 Å². The van der Waals surface area contributed by atoms with Gasteiger partial charge in [-0.25, -0.2) is 4.39 Å². The van der Waals surface area contributed by atoms with Gasteiger partial charge in [0.1, 0.15) is 5.82 Å². The van der Waals surface area contributed by atoms with Gasteiger partial charge in [0, 0.05) is 49.9 Å². The summed E-state index contributed by atoms with van der Waals surface area (Å²) in [5.41, 5.74) is 1.09. The number of halogens is 1. The predicted molar refractivity (Wildman–Crippen MR) is 115 cm³/mol. The fourth-order valence-electron chi connectivity index (χ4n) is 6.46. The van der Waals surface area contributed by atoms with Crippen LogP contribution in [0, 0.1) is 11.2 Å². The van der Waals surface area contributed by atoms with Gasteiger partial charge >= 0.3 is 0 Å². The molecule has 1 spiro atoms. The zero-order valence-electron chi connectivity index (χ0n) is 18.0. The molecule has 6 heteroatoms. The van der Waals surface area contributed by atoms with Gasteiger partial charge < -0.3 is 15.0 Å². The third-order valence-electron chi connectivity index (χ3n) is 8.20. The number of likely N-dealkylation sites (tertiary alicyclic amines) is 1. The van der Waals surface area contributed by atoms with Gasteiger partial charge in [0.05, 0.1) is 12.0 Å². The standard InChI is InChI=1S/C24H34FN3O2/c1-2-17-4-3-11-28(17)19-7-12-27(15-19)18-5-6-20(22(25)14-18)21-16-30-13-9-24(21)8-10-26-23(24)29/h5-6,14,17,19,21H,2-4,7-13,15-16H2,1H3,(H,26,29). The normalized spacial score (nSPS) is 34.8. The fraction of sp³-hybridized carbons (Fsp3) is 0.708. The monoisotopic (exact) mass is 415 g/mol. The second-order valence-corrected chi connectivity index (χ2v) is 9.58. The molecule has 164 valence electrons. The van der Waals surface area contributed by atoms with E-state index in [9.17, 15) is 4.79 Å². The number of carbonyl (C=O) groups is 1. The van der Waals surface area contributed by atoms with E-state index in [0.717, 1.165) is 31.6 Å². The summed E-state index contributed by atoms with van der Waals surface area (Å²) in [5.74, 6) is -0.333. The zero-order valence-corrected chi connectivity index (χ0v) is 18.0. The van der Waals surface area contributed by atoms with Crippen LogP contribution in [0.4, 0.5) is 10.1 Å². The molecule has 0 bridgehead atoms. The van der Waals surface area contributed by atoms with Gasteiger partial charge in [0.15, 0.2) is 0 Å². The molecule has 0 saturated carbocycles. The Balaban J connectivity index is 1.33. The second kappa shape index (κ2) is 8.12. The molecule has 4 unspecified atom stereocenters. The van der Waals surface area contributed by atoms with Crippen molar-refractivity contribution in [3.05, 3.63) is 29.6 Å². The quantitative estimate of drug-likeness (QED) is 0.820. The first-order valence-electron chi connectivity index (χ1n) is 11.8. The lowest BCUT2D eigenvalue weighted by molar-refractivity contribution is -0.134. The van der Waals surface area contributed by atoms with E-state index in [2.05, 4.69) is 28.1 Å². The van der Waals surface area contributed by atoms with Gasteiger partial charge in [-0.05, 0) is 62.8 Å². The average Bonchev–Trinajstić information content (AvgIpc) is 3.49. The molecule has 4 fully saturated rings. The van der Waals surface area contributed by atoms with E-state index >= 15 is 4.39 Å². The molecule has 1 aromatic carbocycles. The van der Waals surface area contributed by atoms with Crippen LogP contribution < -0.4 is 10.2 Å². The Bertz CT molecular complexity index is 803. The predicted octanol–water partition coefficient (Wildman–Crippen LogP) is 3.29. The van der Waals surface area contributed by atoms with E-state index in [-0.39, 0.29) is 17.6 Å². The van der Waals surface area contributed by atoms with Crippen LogP contribution >= 0.6 is 0 Å². The number of benzene rings is 1. The second-order valence-electron chi connectivity index (χ2n) is 9.58. The molecule has 4 saturated heterocycles. The maximum Gasteiger partial charge on any atom is 0.227 e. The summed E-state index contributed by atoms with van der Waals surface area (Å²) >= 11 is 0. The van der Waals surface area contributed by atoms with Crippen LogP contribution in [0.1, 0.15) is 56.9 Å². The maximum absolute atomic E-state index is 15.3. The number of ether oxygens (including phenoxy) is 1. The summed E-state index contributed by atoms with van der Waals surface area (Å²) in [6.45, 7) is 7.13. The van der Waals surface area contributed by atoms with Crippen molar-refractivity contribution in [2.75, 3.05) is 44.3 Å². The molecule has 5 rings (SSSR count). The molecule has 5 nitrogen and oxygen atoms in total. The van der Waals surface area contributed by atoms with E-state index < -0.39 is 5.41 Å². The Labute approximate surface area is 178 Å². The van der Waals surface area contributed by atoms with Crippen molar-refractivity contribution in [1.82, 2.24) is 10.2 Å². The van der Waals surface area contributed by atoms with Crippen molar-refractivity contribution in [2.24, 2.45) is 5.41 Å². The molecule has 1 aromatic rings. The minimum atomic E-state index is -0.510. The summed E-state index contributed by atoms with van der Waals surface area (Å²) < 4.78 is 21.0. The number of nitrogens with one attached hydrogen (secondary N) is 1. The van der Waals surface area contributed by atoms with Gasteiger partial charge in [0.2, 0.25) is 5.91 Å². The van der Waals surface area contributed by atoms with Gasteiger partial charge in [-0.3, -0.25) is 9.69 Å². The van der Waals surface area contributed by atoms with Crippen molar-refractivity contribution in [2.45, 2.75) is 63.5 Å². The minimum absolute atomic E-state index is 0.0674. The molecule has 30 heavy (non-hydrogen) atoms. The molecule has 4 aliphatic heterocycles. The number of amides is 1. The Morgan fingerprint density at radius 3 is 2.93 bits per heavy atom. The van der Waals surface area contributed by atoms with Crippen molar-refractivity contribution < 1.29 is 13.9 Å². The molecular weight excluding hydrogens is 381 g/mol.